The van der Waals surface area contributed by atoms with Gasteiger partial charge < -0.3 is 20.4 Å². The molecule has 2 rings (SSSR count). The predicted molar refractivity (Wildman–Crippen MR) is 78.5 cm³/mol. The SMILES string of the molecule is COc1cc(NC(=O)c2cc(Br)cn2C)ccc1N. The average Bonchev–Trinajstić information content (AvgIpc) is 2.71. The van der Waals surface area contributed by atoms with E-state index in [2.05, 4.69) is 21.2 Å². The quantitative estimate of drug-likeness (QED) is 0.853. The molecule has 6 heteroatoms. The standard InChI is InChI=1S/C13H14BrN3O2/c1-17-7-8(14)5-11(17)13(18)16-9-3-4-10(15)12(6-9)19-2/h3-7H,15H2,1-2H3,(H,16,18). The zero-order valence-corrected chi connectivity index (χ0v) is 12.2. The van der Waals surface area contributed by atoms with Gasteiger partial charge in [-0.2, -0.15) is 0 Å². The number of rotatable bonds is 3. The van der Waals surface area contributed by atoms with Crippen molar-refractivity contribution in [1.29, 1.82) is 0 Å². The summed E-state index contributed by atoms with van der Waals surface area (Å²) in [6.07, 6.45) is 1.82. The van der Waals surface area contributed by atoms with E-state index in [-0.39, 0.29) is 5.91 Å². The zero-order valence-electron chi connectivity index (χ0n) is 10.6. The number of nitrogen functional groups attached to an aromatic ring is 1. The van der Waals surface area contributed by atoms with Crippen LogP contribution in [0.15, 0.2) is 34.9 Å². The maximum Gasteiger partial charge on any atom is 0.272 e. The third kappa shape index (κ3) is 2.90. The summed E-state index contributed by atoms with van der Waals surface area (Å²) in [7, 11) is 3.34. The molecule has 0 fully saturated rings. The largest absolute Gasteiger partial charge is 0.495 e. The van der Waals surface area contributed by atoms with E-state index in [1.807, 2.05) is 13.2 Å². The Balaban J connectivity index is 2.21. The van der Waals surface area contributed by atoms with Crippen molar-refractivity contribution in [3.8, 4) is 5.75 Å². The average molecular weight is 324 g/mol. The molecule has 1 heterocycles. The van der Waals surface area contributed by atoms with Gasteiger partial charge in [-0.3, -0.25) is 4.79 Å². The van der Waals surface area contributed by atoms with E-state index in [9.17, 15) is 4.79 Å². The molecule has 0 unspecified atom stereocenters. The molecule has 0 saturated heterocycles. The number of nitrogens with zero attached hydrogens (tertiary/aromatic N) is 1. The summed E-state index contributed by atoms with van der Waals surface area (Å²) in [4.78, 5) is 12.1. The maximum absolute atomic E-state index is 12.1. The summed E-state index contributed by atoms with van der Waals surface area (Å²) >= 11 is 3.33. The summed E-state index contributed by atoms with van der Waals surface area (Å²) in [6, 6.07) is 6.86. The van der Waals surface area contributed by atoms with E-state index in [0.717, 1.165) is 4.47 Å². The van der Waals surface area contributed by atoms with Crippen molar-refractivity contribution in [3.05, 3.63) is 40.6 Å². The molecular formula is C13H14BrN3O2. The number of nitrogens with one attached hydrogen (secondary N) is 1. The molecule has 0 saturated carbocycles. The van der Waals surface area contributed by atoms with Crippen molar-refractivity contribution in [2.24, 2.45) is 7.05 Å². The van der Waals surface area contributed by atoms with Gasteiger partial charge in [0, 0.05) is 29.5 Å². The van der Waals surface area contributed by atoms with Gasteiger partial charge in [0.15, 0.2) is 0 Å². The first-order valence-corrected chi connectivity index (χ1v) is 6.37. The molecule has 0 bridgehead atoms. The summed E-state index contributed by atoms with van der Waals surface area (Å²) < 4.78 is 7.71. The monoisotopic (exact) mass is 323 g/mol. The second-order valence-corrected chi connectivity index (χ2v) is 4.98. The Morgan fingerprint density at radius 3 is 2.74 bits per heavy atom. The number of nitrogens with two attached hydrogens (primary N) is 1. The number of hydrogen-bond acceptors (Lipinski definition) is 3. The van der Waals surface area contributed by atoms with E-state index < -0.39 is 0 Å². The third-order valence-electron chi connectivity index (χ3n) is 2.70. The Kier molecular flexibility index (Phi) is 3.80. The van der Waals surface area contributed by atoms with Gasteiger partial charge in [0.05, 0.1) is 12.8 Å². The van der Waals surface area contributed by atoms with Crippen molar-refractivity contribution in [2.75, 3.05) is 18.2 Å². The Hall–Kier alpha value is -1.95. The Labute approximate surface area is 119 Å². The van der Waals surface area contributed by atoms with Crippen LogP contribution in [0.2, 0.25) is 0 Å². The number of anilines is 2. The molecule has 0 radical (unpaired) electrons. The van der Waals surface area contributed by atoms with Crippen LogP contribution in [-0.2, 0) is 7.05 Å². The highest BCUT2D eigenvalue weighted by atomic mass is 79.9. The van der Waals surface area contributed by atoms with Crippen molar-refractivity contribution >= 4 is 33.2 Å². The minimum Gasteiger partial charge on any atom is -0.495 e. The van der Waals surface area contributed by atoms with Crippen LogP contribution in [0.4, 0.5) is 11.4 Å². The van der Waals surface area contributed by atoms with Crippen LogP contribution in [0, 0.1) is 0 Å². The highest BCUT2D eigenvalue weighted by molar-refractivity contribution is 9.10. The number of carbonyl (C=O) groups is 1. The van der Waals surface area contributed by atoms with E-state index in [1.54, 1.807) is 28.8 Å². The molecule has 19 heavy (non-hydrogen) atoms. The molecule has 0 aliphatic carbocycles. The second-order valence-electron chi connectivity index (χ2n) is 4.07. The van der Waals surface area contributed by atoms with E-state index in [1.165, 1.54) is 7.11 Å². The fraction of sp³-hybridized carbons (Fsp3) is 0.154. The van der Waals surface area contributed by atoms with Gasteiger partial charge in [-0.15, -0.1) is 0 Å². The lowest BCUT2D eigenvalue weighted by Gasteiger charge is -2.09. The number of amides is 1. The maximum atomic E-state index is 12.1. The second kappa shape index (κ2) is 5.36. The predicted octanol–water partition coefficient (Wildman–Crippen LogP) is 2.63. The van der Waals surface area contributed by atoms with Crippen molar-refractivity contribution in [2.45, 2.75) is 0 Å². The molecule has 0 aliphatic heterocycles. The van der Waals surface area contributed by atoms with Gasteiger partial charge in [0.1, 0.15) is 11.4 Å². The molecular weight excluding hydrogens is 310 g/mol. The van der Waals surface area contributed by atoms with Crippen LogP contribution < -0.4 is 15.8 Å². The molecule has 0 spiro atoms. The molecule has 0 atom stereocenters. The number of methoxy groups -OCH3 is 1. The minimum absolute atomic E-state index is 0.194. The van der Waals surface area contributed by atoms with Gasteiger partial charge in [0.2, 0.25) is 0 Å². The lowest BCUT2D eigenvalue weighted by molar-refractivity contribution is 0.101. The summed E-state index contributed by atoms with van der Waals surface area (Å²) in [5, 5.41) is 2.80. The highest BCUT2D eigenvalue weighted by Crippen LogP contribution is 2.25. The molecule has 1 amide bonds. The number of benzene rings is 1. The number of ether oxygens (including phenoxy) is 1. The molecule has 0 aliphatic rings. The van der Waals surface area contributed by atoms with Crippen LogP contribution in [0.5, 0.6) is 5.75 Å². The summed E-state index contributed by atoms with van der Waals surface area (Å²) in [5.74, 6) is 0.339. The van der Waals surface area contributed by atoms with Crippen LogP contribution in [0.3, 0.4) is 0 Å². The summed E-state index contributed by atoms with van der Waals surface area (Å²) in [6.45, 7) is 0. The Bertz CT molecular complexity index is 622. The van der Waals surface area contributed by atoms with Crippen LogP contribution in [-0.4, -0.2) is 17.6 Å². The van der Waals surface area contributed by atoms with E-state index in [4.69, 9.17) is 10.5 Å². The third-order valence-corrected chi connectivity index (χ3v) is 3.13. The Morgan fingerprint density at radius 2 is 2.16 bits per heavy atom. The van der Waals surface area contributed by atoms with Gasteiger partial charge in [0.25, 0.3) is 5.91 Å². The van der Waals surface area contributed by atoms with Gasteiger partial charge in [-0.25, -0.2) is 0 Å². The first-order valence-electron chi connectivity index (χ1n) is 5.58. The molecule has 2 aromatic rings. The lowest BCUT2D eigenvalue weighted by Crippen LogP contribution is -2.15. The molecule has 1 aromatic carbocycles. The van der Waals surface area contributed by atoms with Crippen LogP contribution in [0.25, 0.3) is 0 Å². The van der Waals surface area contributed by atoms with Gasteiger partial charge >= 0.3 is 0 Å². The Morgan fingerprint density at radius 1 is 1.42 bits per heavy atom. The summed E-state index contributed by atoms with van der Waals surface area (Å²) in [5.41, 5.74) is 7.44. The zero-order chi connectivity index (χ0) is 14.0. The normalized spacial score (nSPS) is 10.3. The van der Waals surface area contributed by atoms with Crippen LogP contribution in [0.1, 0.15) is 10.5 Å². The molecule has 1 aromatic heterocycles. The van der Waals surface area contributed by atoms with Crippen molar-refractivity contribution < 1.29 is 9.53 Å². The first kappa shape index (κ1) is 13.5. The smallest absolute Gasteiger partial charge is 0.272 e. The number of halogens is 1. The topological polar surface area (TPSA) is 69.3 Å². The van der Waals surface area contributed by atoms with Crippen molar-refractivity contribution in [1.82, 2.24) is 4.57 Å². The lowest BCUT2D eigenvalue weighted by atomic mass is 10.2. The van der Waals surface area contributed by atoms with E-state index in [0.29, 0.717) is 22.8 Å². The molecule has 100 valence electrons. The number of carbonyl (C=O) groups excluding carboxylic acids is 1. The van der Waals surface area contributed by atoms with E-state index >= 15 is 0 Å². The number of aryl methyl sites for hydroxylation is 1. The van der Waals surface area contributed by atoms with Crippen molar-refractivity contribution in [3.63, 3.8) is 0 Å². The number of hydrogen-bond donors (Lipinski definition) is 2. The highest BCUT2D eigenvalue weighted by Gasteiger charge is 2.12. The fourth-order valence-corrected chi connectivity index (χ4v) is 2.26. The van der Waals surface area contributed by atoms with Gasteiger partial charge in [-0.1, -0.05) is 0 Å². The minimum atomic E-state index is -0.194. The van der Waals surface area contributed by atoms with Crippen LogP contribution >= 0.6 is 15.9 Å². The first-order chi connectivity index (χ1) is 9.01. The number of aromatic nitrogens is 1. The molecule has 5 nitrogen and oxygen atoms in total. The fourth-order valence-electron chi connectivity index (χ4n) is 1.73. The van der Waals surface area contributed by atoms with Gasteiger partial charge in [-0.05, 0) is 34.1 Å². The molecule has 3 N–H and O–H groups in total.